The molecule has 5 nitrogen and oxygen atoms in total. The van der Waals surface area contributed by atoms with E-state index in [0.717, 1.165) is 25.6 Å². The van der Waals surface area contributed by atoms with Crippen LogP contribution in [0, 0.1) is 11.7 Å². The zero-order valence-electron chi connectivity index (χ0n) is 13.9. The molecule has 2 aromatic rings. The molecule has 1 N–H and O–H groups in total. The summed E-state index contributed by atoms with van der Waals surface area (Å²) in [4.78, 5) is 11.0. The molecule has 128 valence electrons. The Balaban J connectivity index is 1.50. The van der Waals surface area contributed by atoms with Crippen LogP contribution in [0.1, 0.15) is 19.8 Å². The van der Waals surface area contributed by atoms with Crippen LogP contribution in [0.4, 0.5) is 10.3 Å². The van der Waals surface area contributed by atoms with Gasteiger partial charge in [0.1, 0.15) is 11.6 Å². The third-order valence-electron chi connectivity index (χ3n) is 4.12. The van der Waals surface area contributed by atoms with E-state index in [4.69, 9.17) is 4.74 Å². The Morgan fingerprint density at radius 2 is 2.12 bits per heavy atom. The first-order valence-corrected chi connectivity index (χ1v) is 8.42. The lowest BCUT2D eigenvalue weighted by Crippen LogP contribution is -2.37. The van der Waals surface area contributed by atoms with Gasteiger partial charge in [-0.1, -0.05) is 6.92 Å². The Labute approximate surface area is 141 Å². The van der Waals surface area contributed by atoms with Gasteiger partial charge < -0.3 is 15.0 Å². The van der Waals surface area contributed by atoms with Crippen LogP contribution < -0.4 is 10.1 Å². The Kier molecular flexibility index (Phi) is 5.59. The van der Waals surface area contributed by atoms with Crippen molar-refractivity contribution in [3.63, 3.8) is 0 Å². The largest absolute Gasteiger partial charge is 0.439 e. The fourth-order valence-electron chi connectivity index (χ4n) is 2.92. The van der Waals surface area contributed by atoms with Crippen molar-refractivity contribution in [1.29, 1.82) is 0 Å². The average Bonchev–Trinajstić information content (AvgIpc) is 2.58. The molecule has 6 heteroatoms. The Hall–Kier alpha value is -2.21. The van der Waals surface area contributed by atoms with Crippen LogP contribution in [-0.4, -0.2) is 41.0 Å². The lowest BCUT2D eigenvalue weighted by atomic mass is 10.0. The van der Waals surface area contributed by atoms with Crippen LogP contribution >= 0.6 is 0 Å². The number of hydrogen-bond acceptors (Lipinski definition) is 5. The first-order chi connectivity index (χ1) is 11.7. The highest BCUT2D eigenvalue weighted by molar-refractivity contribution is 5.31. The van der Waals surface area contributed by atoms with E-state index in [-0.39, 0.29) is 5.82 Å². The van der Waals surface area contributed by atoms with Gasteiger partial charge >= 0.3 is 0 Å². The van der Waals surface area contributed by atoms with Crippen molar-refractivity contribution in [2.45, 2.75) is 19.8 Å². The molecule has 0 spiro atoms. The van der Waals surface area contributed by atoms with E-state index in [1.165, 1.54) is 31.5 Å². The molecule has 24 heavy (non-hydrogen) atoms. The lowest BCUT2D eigenvalue weighted by molar-refractivity contribution is 0.190. The number of halogens is 1. The van der Waals surface area contributed by atoms with Gasteiger partial charge in [-0.15, -0.1) is 0 Å². The summed E-state index contributed by atoms with van der Waals surface area (Å²) < 4.78 is 18.5. The SMILES string of the molecule is CC1CCCN(CCNc2nccc(Oc3ccc(F)cc3)n2)C1. The van der Waals surface area contributed by atoms with Crippen molar-refractivity contribution < 1.29 is 9.13 Å². The smallest absolute Gasteiger partial charge is 0.226 e. The number of ether oxygens (including phenoxy) is 1. The average molecular weight is 330 g/mol. The van der Waals surface area contributed by atoms with E-state index in [1.54, 1.807) is 24.4 Å². The predicted octanol–water partition coefficient (Wildman–Crippen LogP) is 3.55. The van der Waals surface area contributed by atoms with Gasteiger partial charge in [0.2, 0.25) is 11.8 Å². The van der Waals surface area contributed by atoms with Crippen LogP contribution in [0.5, 0.6) is 11.6 Å². The lowest BCUT2D eigenvalue weighted by Gasteiger charge is -2.30. The fourth-order valence-corrected chi connectivity index (χ4v) is 2.92. The fraction of sp³-hybridized carbons (Fsp3) is 0.444. The summed E-state index contributed by atoms with van der Waals surface area (Å²) in [5.41, 5.74) is 0. The molecular formula is C18H23FN4O. The number of rotatable bonds is 6. The van der Waals surface area contributed by atoms with Crippen molar-refractivity contribution in [2.75, 3.05) is 31.5 Å². The van der Waals surface area contributed by atoms with Gasteiger partial charge in [0, 0.05) is 31.9 Å². The van der Waals surface area contributed by atoms with Gasteiger partial charge in [0.05, 0.1) is 0 Å². The van der Waals surface area contributed by atoms with Gasteiger partial charge in [-0.3, -0.25) is 0 Å². The molecule has 1 saturated heterocycles. The molecule has 0 aliphatic carbocycles. The van der Waals surface area contributed by atoms with E-state index in [9.17, 15) is 4.39 Å². The van der Waals surface area contributed by atoms with Crippen molar-refractivity contribution in [1.82, 2.24) is 14.9 Å². The van der Waals surface area contributed by atoms with Crippen molar-refractivity contribution in [3.05, 3.63) is 42.3 Å². The van der Waals surface area contributed by atoms with Crippen molar-refractivity contribution in [3.8, 4) is 11.6 Å². The highest BCUT2D eigenvalue weighted by atomic mass is 19.1. The van der Waals surface area contributed by atoms with Crippen molar-refractivity contribution in [2.24, 2.45) is 5.92 Å². The highest BCUT2D eigenvalue weighted by Gasteiger charge is 2.15. The summed E-state index contributed by atoms with van der Waals surface area (Å²) in [6.07, 6.45) is 4.26. The number of aromatic nitrogens is 2. The van der Waals surface area contributed by atoms with E-state index < -0.39 is 0 Å². The second-order valence-electron chi connectivity index (χ2n) is 6.25. The van der Waals surface area contributed by atoms with E-state index >= 15 is 0 Å². The normalized spacial score (nSPS) is 18.3. The minimum atomic E-state index is -0.292. The number of nitrogens with zero attached hydrogens (tertiary/aromatic N) is 3. The Bertz CT molecular complexity index is 650. The molecule has 0 bridgehead atoms. The summed E-state index contributed by atoms with van der Waals surface area (Å²) in [7, 11) is 0. The summed E-state index contributed by atoms with van der Waals surface area (Å²) in [5.74, 6) is 2.01. The second-order valence-corrected chi connectivity index (χ2v) is 6.25. The highest BCUT2D eigenvalue weighted by Crippen LogP contribution is 2.20. The van der Waals surface area contributed by atoms with E-state index in [1.807, 2.05) is 0 Å². The quantitative estimate of drug-likeness (QED) is 0.878. The van der Waals surface area contributed by atoms with Gasteiger partial charge in [0.25, 0.3) is 0 Å². The molecule has 0 amide bonds. The van der Waals surface area contributed by atoms with Crippen LogP contribution in [0.25, 0.3) is 0 Å². The number of piperidine rings is 1. The summed E-state index contributed by atoms with van der Waals surface area (Å²) in [5, 5.41) is 3.24. The topological polar surface area (TPSA) is 50.3 Å². The molecule has 1 atom stereocenters. The maximum atomic E-state index is 12.9. The van der Waals surface area contributed by atoms with Gasteiger partial charge in [-0.25, -0.2) is 9.37 Å². The number of nitrogens with one attached hydrogen (secondary N) is 1. The predicted molar refractivity (Wildman–Crippen MR) is 91.8 cm³/mol. The molecule has 1 aliphatic rings. The molecule has 1 fully saturated rings. The summed E-state index contributed by atoms with van der Waals surface area (Å²) in [6.45, 7) is 6.42. The van der Waals surface area contributed by atoms with Crippen molar-refractivity contribution >= 4 is 5.95 Å². The first kappa shape index (κ1) is 16.6. The summed E-state index contributed by atoms with van der Waals surface area (Å²) in [6, 6.07) is 7.54. The first-order valence-electron chi connectivity index (χ1n) is 8.42. The minimum absolute atomic E-state index is 0.292. The molecule has 1 unspecified atom stereocenters. The van der Waals surface area contributed by atoms with Crippen LogP contribution in [0.15, 0.2) is 36.5 Å². The monoisotopic (exact) mass is 330 g/mol. The number of hydrogen-bond donors (Lipinski definition) is 1. The van der Waals surface area contributed by atoms with Crippen LogP contribution in [0.3, 0.4) is 0 Å². The molecular weight excluding hydrogens is 307 g/mol. The van der Waals surface area contributed by atoms with Crippen LogP contribution in [0.2, 0.25) is 0 Å². The Morgan fingerprint density at radius 3 is 2.92 bits per heavy atom. The molecule has 2 heterocycles. The standard InChI is InChI=1S/C18H23FN4O/c1-14-3-2-11-23(13-14)12-10-21-18-20-9-8-17(22-18)24-16-6-4-15(19)5-7-16/h4-9,14H,2-3,10-13H2,1H3,(H,20,21,22). The zero-order chi connectivity index (χ0) is 16.8. The number of benzene rings is 1. The van der Waals surface area contributed by atoms with Gasteiger partial charge in [-0.05, 0) is 49.6 Å². The molecule has 1 aromatic carbocycles. The third kappa shape index (κ3) is 4.89. The number of anilines is 1. The minimum Gasteiger partial charge on any atom is -0.439 e. The van der Waals surface area contributed by atoms with Crippen LogP contribution in [-0.2, 0) is 0 Å². The number of likely N-dealkylation sites (tertiary alicyclic amines) is 1. The van der Waals surface area contributed by atoms with Gasteiger partial charge in [-0.2, -0.15) is 4.98 Å². The molecule has 1 aromatic heterocycles. The zero-order valence-corrected chi connectivity index (χ0v) is 13.9. The second kappa shape index (κ2) is 8.06. The molecule has 1 aliphatic heterocycles. The summed E-state index contributed by atoms with van der Waals surface area (Å²) >= 11 is 0. The van der Waals surface area contributed by atoms with E-state index in [0.29, 0.717) is 17.6 Å². The molecule has 3 rings (SSSR count). The maximum absolute atomic E-state index is 12.9. The molecule has 0 saturated carbocycles. The maximum Gasteiger partial charge on any atom is 0.226 e. The van der Waals surface area contributed by atoms with Gasteiger partial charge in [0.15, 0.2) is 0 Å². The third-order valence-corrected chi connectivity index (χ3v) is 4.12. The van der Waals surface area contributed by atoms with E-state index in [2.05, 4.69) is 27.1 Å². The molecule has 0 radical (unpaired) electrons. The Morgan fingerprint density at radius 1 is 1.29 bits per heavy atom.